The van der Waals surface area contributed by atoms with Crippen LogP contribution in [0.5, 0.6) is 0 Å². The molecule has 0 N–H and O–H groups in total. The van der Waals surface area contributed by atoms with E-state index in [0.29, 0.717) is 5.56 Å². The molecule has 0 fully saturated rings. The van der Waals surface area contributed by atoms with Gasteiger partial charge in [0.05, 0.1) is 17.3 Å². The minimum absolute atomic E-state index is 0.258. The molecule has 1 aromatic heterocycles. The molecule has 20 heavy (non-hydrogen) atoms. The van der Waals surface area contributed by atoms with Crippen LogP contribution in [0.1, 0.15) is 5.56 Å². The van der Waals surface area contributed by atoms with Gasteiger partial charge in [0.2, 0.25) is 5.03 Å². The van der Waals surface area contributed by atoms with Gasteiger partial charge in [-0.2, -0.15) is 13.7 Å². The van der Waals surface area contributed by atoms with Crippen LogP contribution in [-0.2, 0) is 10.0 Å². The second-order valence-electron chi connectivity index (χ2n) is 3.93. The van der Waals surface area contributed by atoms with Gasteiger partial charge in [-0.25, -0.2) is 9.37 Å². The highest BCUT2D eigenvalue weighted by Crippen LogP contribution is 2.22. The largest absolute Gasteiger partial charge is 0.284 e. The number of aromatic nitrogens is 1. The summed E-state index contributed by atoms with van der Waals surface area (Å²) in [5.74, 6) is -0.921. The summed E-state index contributed by atoms with van der Waals surface area (Å²) >= 11 is 0. The molecule has 0 aliphatic heterocycles. The van der Waals surface area contributed by atoms with Crippen LogP contribution in [0.4, 0.5) is 10.1 Å². The van der Waals surface area contributed by atoms with E-state index in [1.54, 1.807) is 12.1 Å². The maximum atomic E-state index is 13.6. The Labute approximate surface area is 116 Å². The summed E-state index contributed by atoms with van der Waals surface area (Å²) in [6, 6.07) is 10.3. The minimum atomic E-state index is -4.11. The van der Waals surface area contributed by atoms with E-state index in [4.69, 9.17) is 5.26 Å². The van der Waals surface area contributed by atoms with E-state index < -0.39 is 20.9 Å². The van der Waals surface area contributed by atoms with Crippen molar-refractivity contribution in [1.29, 1.82) is 5.26 Å². The second-order valence-corrected chi connectivity index (χ2v) is 5.81. The summed E-state index contributed by atoms with van der Waals surface area (Å²) in [6.07, 6.45) is 1.20. The Balaban J connectivity index is 2.49. The molecular formula is C13H10FN3O2S. The molecule has 0 bridgehead atoms. The fourth-order valence-corrected chi connectivity index (χ4v) is 2.76. The number of rotatable bonds is 3. The number of hydrogen-bond acceptors (Lipinski definition) is 4. The average Bonchev–Trinajstić information content (AvgIpc) is 2.46. The van der Waals surface area contributed by atoms with Crippen LogP contribution in [0.15, 0.2) is 47.6 Å². The first-order valence-electron chi connectivity index (χ1n) is 5.56. The van der Waals surface area contributed by atoms with Crippen LogP contribution in [0, 0.1) is 17.1 Å². The molecule has 0 atom stereocenters. The predicted molar refractivity (Wildman–Crippen MR) is 70.9 cm³/mol. The van der Waals surface area contributed by atoms with Gasteiger partial charge in [-0.15, -0.1) is 0 Å². The number of sulfonamides is 1. The van der Waals surface area contributed by atoms with Crippen LogP contribution in [0.2, 0.25) is 0 Å². The average molecular weight is 291 g/mol. The molecule has 0 aliphatic rings. The number of anilines is 1. The maximum Gasteiger partial charge on any atom is 0.284 e. The molecule has 0 amide bonds. The molecule has 0 saturated carbocycles. The van der Waals surface area contributed by atoms with Crippen LogP contribution >= 0.6 is 0 Å². The minimum Gasteiger partial charge on any atom is -0.268 e. The summed E-state index contributed by atoms with van der Waals surface area (Å²) < 4.78 is 39.1. The molecule has 0 radical (unpaired) electrons. The van der Waals surface area contributed by atoms with Gasteiger partial charge in [-0.1, -0.05) is 6.07 Å². The molecule has 0 saturated heterocycles. The fourth-order valence-electron chi connectivity index (χ4n) is 1.60. The van der Waals surface area contributed by atoms with Gasteiger partial charge >= 0.3 is 0 Å². The first kappa shape index (κ1) is 14.0. The van der Waals surface area contributed by atoms with Crippen molar-refractivity contribution in [3.8, 4) is 6.07 Å². The summed E-state index contributed by atoms with van der Waals surface area (Å²) in [6.45, 7) is 0. The van der Waals surface area contributed by atoms with Crippen molar-refractivity contribution in [3.63, 3.8) is 0 Å². The van der Waals surface area contributed by atoms with Crippen molar-refractivity contribution >= 4 is 15.7 Å². The van der Waals surface area contributed by atoms with Crippen molar-refractivity contribution in [3.05, 3.63) is 54.0 Å². The monoisotopic (exact) mass is 291 g/mol. The Hall–Kier alpha value is -2.46. The SMILES string of the molecule is CN(c1cccc(C#N)c1)S(=O)(=O)c1ncccc1F. The number of halogens is 1. The lowest BCUT2D eigenvalue weighted by Crippen LogP contribution is -2.28. The highest BCUT2D eigenvalue weighted by Gasteiger charge is 2.26. The molecule has 7 heteroatoms. The first-order valence-corrected chi connectivity index (χ1v) is 7.00. The Morgan fingerprint density at radius 3 is 2.70 bits per heavy atom. The van der Waals surface area contributed by atoms with Crippen molar-refractivity contribution in [2.45, 2.75) is 5.03 Å². The van der Waals surface area contributed by atoms with Gasteiger partial charge in [-0.3, -0.25) is 4.31 Å². The standard InChI is InChI=1S/C13H10FN3O2S/c1-17(11-5-2-4-10(8-11)9-15)20(18,19)13-12(14)6-3-7-16-13/h2-8H,1H3. The Morgan fingerprint density at radius 2 is 2.05 bits per heavy atom. The van der Waals surface area contributed by atoms with Gasteiger partial charge in [0.1, 0.15) is 0 Å². The van der Waals surface area contributed by atoms with E-state index in [1.165, 1.54) is 31.4 Å². The molecule has 102 valence electrons. The summed E-state index contributed by atoms with van der Waals surface area (Å²) in [7, 11) is -2.83. The molecule has 1 aromatic carbocycles. The van der Waals surface area contributed by atoms with Crippen LogP contribution in [0.25, 0.3) is 0 Å². The summed E-state index contributed by atoms with van der Waals surface area (Å²) in [5.41, 5.74) is 0.570. The van der Waals surface area contributed by atoms with Crippen LogP contribution < -0.4 is 4.31 Å². The highest BCUT2D eigenvalue weighted by molar-refractivity contribution is 7.92. The lowest BCUT2D eigenvalue weighted by atomic mass is 10.2. The predicted octanol–water partition coefficient (Wildman–Crippen LogP) is 1.92. The lowest BCUT2D eigenvalue weighted by molar-refractivity contribution is 0.552. The van der Waals surface area contributed by atoms with Gasteiger partial charge in [0.25, 0.3) is 10.0 Å². The van der Waals surface area contributed by atoms with Gasteiger partial charge in [-0.05, 0) is 30.3 Å². The maximum absolute atomic E-state index is 13.6. The van der Waals surface area contributed by atoms with E-state index >= 15 is 0 Å². The smallest absolute Gasteiger partial charge is 0.268 e. The molecule has 0 spiro atoms. The van der Waals surface area contributed by atoms with E-state index in [2.05, 4.69) is 4.98 Å². The van der Waals surface area contributed by atoms with E-state index in [1.807, 2.05) is 6.07 Å². The molecule has 0 aliphatic carbocycles. The van der Waals surface area contributed by atoms with Gasteiger partial charge in [0, 0.05) is 13.2 Å². The molecular weight excluding hydrogens is 281 g/mol. The highest BCUT2D eigenvalue weighted by atomic mass is 32.2. The van der Waals surface area contributed by atoms with Crippen molar-refractivity contribution < 1.29 is 12.8 Å². The Bertz CT molecular complexity index is 784. The number of hydrogen-bond donors (Lipinski definition) is 0. The molecule has 2 rings (SSSR count). The third-order valence-corrected chi connectivity index (χ3v) is 4.39. The van der Waals surface area contributed by atoms with Crippen molar-refractivity contribution in [1.82, 2.24) is 4.98 Å². The molecule has 0 unspecified atom stereocenters. The van der Waals surface area contributed by atoms with E-state index in [0.717, 1.165) is 10.4 Å². The number of nitriles is 1. The van der Waals surface area contributed by atoms with E-state index in [9.17, 15) is 12.8 Å². The topological polar surface area (TPSA) is 74.1 Å². The third-order valence-electron chi connectivity index (χ3n) is 2.67. The second kappa shape index (κ2) is 5.27. The molecule has 1 heterocycles. The third kappa shape index (κ3) is 2.46. The Kier molecular flexibility index (Phi) is 3.68. The molecule has 5 nitrogen and oxygen atoms in total. The zero-order valence-corrected chi connectivity index (χ0v) is 11.3. The van der Waals surface area contributed by atoms with Gasteiger partial charge < -0.3 is 0 Å². The summed E-state index contributed by atoms with van der Waals surface area (Å²) in [4.78, 5) is 3.57. The van der Waals surface area contributed by atoms with Crippen molar-refractivity contribution in [2.75, 3.05) is 11.4 Å². The fraction of sp³-hybridized carbons (Fsp3) is 0.0769. The number of pyridine rings is 1. The quantitative estimate of drug-likeness (QED) is 0.866. The van der Waals surface area contributed by atoms with E-state index in [-0.39, 0.29) is 5.69 Å². The van der Waals surface area contributed by atoms with Crippen LogP contribution in [-0.4, -0.2) is 20.4 Å². The summed E-state index contributed by atoms with van der Waals surface area (Å²) in [5, 5.41) is 8.17. The zero-order valence-electron chi connectivity index (χ0n) is 10.5. The Morgan fingerprint density at radius 1 is 1.30 bits per heavy atom. The van der Waals surface area contributed by atoms with Gasteiger partial charge in [0.15, 0.2) is 5.82 Å². The molecule has 2 aromatic rings. The number of benzene rings is 1. The lowest BCUT2D eigenvalue weighted by Gasteiger charge is -2.19. The normalized spacial score (nSPS) is 10.8. The van der Waals surface area contributed by atoms with Crippen LogP contribution in [0.3, 0.4) is 0 Å². The van der Waals surface area contributed by atoms with Crippen molar-refractivity contribution in [2.24, 2.45) is 0 Å². The zero-order chi connectivity index (χ0) is 14.8. The first-order chi connectivity index (χ1) is 9.46. The number of nitrogens with zero attached hydrogens (tertiary/aromatic N) is 3.